The molecule has 2 aromatic carbocycles. The van der Waals surface area contributed by atoms with Crippen LogP contribution in [0.5, 0.6) is 5.75 Å². The summed E-state index contributed by atoms with van der Waals surface area (Å²) in [6, 6.07) is 11.7. The number of hydrogen-bond acceptors (Lipinski definition) is 3. The lowest BCUT2D eigenvalue weighted by Gasteiger charge is -2.09. The van der Waals surface area contributed by atoms with Crippen LogP contribution in [-0.4, -0.2) is 11.3 Å². The second-order valence-corrected chi connectivity index (χ2v) is 5.38. The van der Waals surface area contributed by atoms with Crippen molar-refractivity contribution in [1.29, 1.82) is 0 Å². The molecule has 0 saturated carbocycles. The summed E-state index contributed by atoms with van der Waals surface area (Å²) in [5.74, 6) is 0.0907. The maximum atomic E-state index is 13.8. The summed E-state index contributed by atoms with van der Waals surface area (Å²) in [7, 11) is 0.126. The number of methoxy groups -OCH3 is 1. The van der Waals surface area contributed by atoms with Crippen molar-refractivity contribution in [2.45, 2.75) is 10.6 Å². The minimum absolute atomic E-state index is 0.0644. The van der Waals surface area contributed by atoms with Gasteiger partial charge in [-0.2, -0.15) is 0 Å². The van der Waals surface area contributed by atoms with Gasteiger partial charge in [0.1, 0.15) is 11.6 Å². The number of hydrogen-bond donors (Lipinski definition) is 1. The fraction of sp³-hybridized carbons (Fsp3) is 0.143. The van der Waals surface area contributed by atoms with E-state index in [-0.39, 0.29) is 11.4 Å². The Morgan fingerprint density at radius 1 is 1.21 bits per heavy atom. The first-order valence-corrected chi connectivity index (χ1v) is 6.99. The molecule has 0 saturated heterocycles. The number of anilines is 1. The van der Waals surface area contributed by atoms with E-state index in [1.807, 2.05) is 0 Å². The van der Waals surface area contributed by atoms with Gasteiger partial charge >= 0.3 is 0 Å². The zero-order chi connectivity index (χ0) is 13.8. The first-order valence-electron chi connectivity index (χ1n) is 5.67. The molecule has 19 heavy (non-hydrogen) atoms. The van der Waals surface area contributed by atoms with E-state index in [9.17, 15) is 8.60 Å². The van der Waals surface area contributed by atoms with Crippen LogP contribution >= 0.6 is 0 Å². The molecule has 1 atom stereocenters. The number of rotatable bonds is 4. The molecule has 0 bridgehead atoms. The number of benzene rings is 2. The van der Waals surface area contributed by atoms with Crippen molar-refractivity contribution in [3.63, 3.8) is 0 Å². The lowest BCUT2D eigenvalue weighted by Crippen LogP contribution is -2.03. The van der Waals surface area contributed by atoms with Gasteiger partial charge in [-0.3, -0.25) is 4.21 Å². The molecule has 2 N–H and O–H groups in total. The van der Waals surface area contributed by atoms with E-state index in [0.717, 1.165) is 0 Å². The normalized spacial score (nSPS) is 12.1. The minimum Gasteiger partial charge on any atom is -0.495 e. The summed E-state index contributed by atoms with van der Waals surface area (Å²) in [6.45, 7) is 0. The zero-order valence-corrected chi connectivity index (χ0v) is 11.2. The van der Waals surface area contributed by atoms with Crippen molar-refractivity contribution < 1.29 is 13.3 Å². The van der Waals surface area contributed by atoms with Crippen molar-refractivity contribution in [3.8, 4) is 5.75 Å². The molecule has 0 aromatic heterocycles. The molecular formula is C14H14FNO2S. The Hall–Kier alpha value is -1.88. The molecule has 0 aliphatic rings. The Kier molecular flexibility index (Phi) is 4.16. The van der Waals surface area contributed by atoms with Crippen LogP contribution in [0.15, 0.2) is 47.4 Å². The van der Waals surface area contributed by atoms with Crippen molar-refractivity contribution in [3.05, 3.63) is 53.8 Å². The smallest absolute Gasteiger partial charge is 0.150 e. The SMILES string of the molecule is COc1ccccc1S(=O)Cc1cccc(N)c1F. The van der Waals surface area contributed by atoms with Crippen LogP contribution in [0.3, 0.4) is 0 Å². The van der Waals surface area contributed by atoms with Crippen molar-refractivity contribution >= 4 is 16.5 Å². The number of ether oxygens (including phenoxy) is 1. The van der Waals surface area contributed by atoms with Gasteiger partial charge in [-0.25, -0.2) is 4.39 Å². The molecule has 2 rings (SSSR count). The van der Waals surface area contributed by atoms with E-state index < -0.39 is 16.6 Å². The standard InChI is InChI=1S/C14H14FNO2S/c1-18-12-7-2-3-8-13(12)19(17)9-10-5-4-6-11(16)14(10)15/h2-8H,9,16H2,1H3. The van der Waals surface area contributed by atoms with Gasteiger partial charge in [0.25, 0.3) is 0 Å². The second-order valence-electron chi connectivity index (χ2n) is 3.96. The van der Waals surface area contributed by atoms with E-state index in [0.29, 0.717) is 16.2 Å². The molecule has 1 unspecified atom stereocenters. The third kappa shape index (κ3) is 2.93. The minimum atomic E-state index is -1.38. The largest absolute Gasteiger partial charge is 0.495 e. The van der Waals surface area contributed by atoms with E-state index in [1.54, 1.807) is 36.4 Å². The van der Waals surface area contributed by atoms with Crippen LogP contribution in [-0.2, 0) is 16.6 Å². The molecule has 0 amide bonds. The molecule has 0 aliphatic heterocycles. The maximum Gasteiger partial charge on any atom is 0.150 e. The third-order valence-electron chi connectivity index (χ3n) is 2.71. The molecule has 5 heteroatoms. The Morgan fingerprint density at radius 2 is 1.95 bits per heavy atom. The highest BCUT2D eigenvalue weighted by Gasteiger charge is 2.14. The first kappa shape index (κ1) is 13.5. The molecule has 0 aliphatic carbocycles. The quantitative estimate of drug-likeness (QED) is 0.875. The van der Waals surface area contributed by atoms with Crippen LogP contribution < -0.4 is 10.5 Å². The topological polar surface area (TPSA) is 52.3 Å². The van der Waals surface area contributed by atoms with Gasteiger partial charge in [0.2, 0.25) is 0 Å². The Balaban J connectivity index is 2.28. The van der Waals surface area contributed by atoms with Crippen LogP contribution in [0.1, 0.15) is 5.56 Å². The predicted molar refractivity (Wildman–Crippen MR) is 73.9 cm³/mol. The average molecular weight is 279 g/mol. The van der Waals surface area contributed by atoms with Gasteiger partial charge in [0.15, 0.2) is 0 Å². The fourth-order valence-electron chi connectivity index (χ4n) is 1.74. The molecular weight excluding hydrogens is 265 g/mol. The summed E-state index contributed by atoms with van der Waals surface area (Å²) in [4.78, 5) is 0.548. The average Bonchev–Trinajstić information content (AvgIpc) is 2.43. The molecule has 0 radical (unpaired) electrons. The Bertz CT molecular complexity index is 616. The van der Waals surface area contributed by atoms with Crippen LogP contribution in [0, 0.1) is 5.82 Å². The highest BCUT2D eigenvalue weighted by Crippen LogP contribution is 2.25. The van der Waals surface area contributed by atoms with Crippen molar-refractivity contribution in [2.75, 3.05) is 12.8 Å². The molecule has 0 heterocycles. The fourth-order valence-corrected chi connectivity index (χ4v) is 3.00. The summed E-state index contributed by atoms with van der Waals surface area (Å²) in [5.41, 5.74) is 5.89. The second kappa shape index (κ2) is 5.84. The molecule has 2 aromatic rings. The van der Waals surface area contributed by atoms with Gasteiger partial charge in [-0.1, -0.05) is 24.3 Å². The molecule has 3 nitrogen and oxygen atoms in total. The van der Waals surface area contributed by atoms with E-state index >= 15 is 0 Å². The van der Waals surface area contributed by atoms with Crippen molar-refractivity contribution in [2.24, 2.45) is 0 Å². The zero-order valence-electron chi connectivity index (χ0n) is 10.4. The first-order chi connectivity index (χ1) is 9.13. The van der Waals surface area contributed by atoms with Gasteiger partial charge in [0.05, 0.1) is 34.2 Å². The predicted octanol–water partition coefficient (Wildman–Crippen LogP) is 2.72. The highest BCUT2D eigenvalue weighted by molar-refractivity contribution is 7.84. The summed E-state index contributed by atoms with van der Waals surface area (Å²) in [5, 5.41) is 0. The monoisotopic (exact) mass is 279 g/mol. The third-order valence-corrected chi connectivity index (χ3v) is 4.11. The molecule has 0 fully saturated rings. The van der Waals surface area contributed by atoms with E-state index in [2.05, 4.69) is 0 Å². The van der Waals surface area contributed by atoms with Gasteiger partial charge < -0.3 is 10.5 Å². The maximum absolute atomic E-state index is 13.8. The van der Waals surface area contributed by atoms with E-state index in [1.165, 1.54) is 13.2 Å². The Labute approximate surface area is 113 Å². The lowest BCUT2D eigenvalue weighted by molar-refractivity contribution is 0.404. The summed E-state index contributed by atoms with van der Waals surface area (Å²) < 4.78 is 31.2. The molecule has 100 valence electrons. The summed E-state index contributed by atoms with van der Waals surface area (Å²) >= 11 is 0. The number of nitrogen functional groups attached to an aromatic ring is 1. The molecule has 0 spiro atoms. The van der Waals surface area contributed by atoms with Crippen LogP contribution in [0.2, 0.25) is 0 Å². The highest BCUT2D eigenvalue weighted by atomic mass is 32.2. The number of halogens is 1. The van der Waals surface area contributed by atoms with Gasteiger partial charge in [-0.05, 0) is 18.2 Å². The Morgan fingerprint density at radius 3 is 2.68 bits per heavy atom. The number of nitrogens with two attached hydrogens (primary N) is 1. The van der Waals surface area contributed by atoms with Crippen LogP contribution in [0.4, 0.5) is 10.1 Å². The van der Waals surface area contributed by atoms with Crippen molar-refractivity contribution in [1.82, 2.24) is 0 Å². The summed E-state index contributed by atoms with van der Waals surface area (Å²) in [6.07, 6.45) is 0. The van der Waals surface area contributed by atoms with Crippen LogP contribution in [0.25, 0.3) is 0 Å². The van der Waals surface area contributed by atoms with Gasteiger partial charge in [-0.15, -0.1) is 0 Å². The lowest BCUT2D eigenvalue weighted by atomic mass is 10.2. The van der Waals surface area contributed by atoms with E-state index in [4.69, 9.17) is 10.5 Å². The number of para-hydroxylation sites is 1. The van der Waals surface area contributed by atoms with Gasteiger partial charge in [0, 0.05) is 5.56 Å².